The van der Waals surface area contributed by atoms with Crippen molar-refractivity contribution < 1.29 is 9.53 Å². The van der Waals surface area contributed by atoms with Crippen LogP contribution in [0.4, 0.5) is 0 Å². The first kappa shape index (κ1) is 30.4. The smallest absolute Gasteiger partial charge is 0.305 e. The number of ether oxygens (including phenoxy) is 1. The quantitative estimate of drug-likeness (QED) is 0.165. The third kappa shape index (κ3) is 6.84. The van der Waals surface area contributed by atoms with E-state index < -0.39 is 0 Å². The minimum Gasteiger partial charge on any atom is -0.465 e. The monoisotopic (exact) mass is 528 g/mol. The predicted molar refractivity (Wildman–Crippen MR) is 161 cm³/mol. The average molecular weight is 529 g/mol. The van der Waals surface area contributed by atoms with E-state index in [1.807, 2.05) is 0 Å². The Morgan fingerprint density at radius 1 is 0.789 bits per heavy atom. The molecule has 0 spiro atoms. The summed E-state index contributed by atoms with van der Waals surface area (Å²) in [4.78, 5) is 12.1. The van der Waals surface area contributed by atoms with Gasteiger partial charge in [-0.2, -0.15) is 0 Å². The molecule has 0 bridgehead atoms. The lowest BCUT2D eigenvalue weighted by Gasteiger charge is -2.61. The SMILES string of the molecule is CCCCCCCCC(=O)OCC(C)CCC[C@@H](C)[C@H]1CC[C@H]2[C@@H]3CCC4CCCC[C@]4(C)[C@H]3CC[C@]12C. The van der Waals surface area contributed by atoms with Crippen LogP contribution in [0.1, 0.15) is 163 Å². The molecule has 0 saturated heterocycles. The number of carbonyl (C=O) groups excluding carboxylic acids is 1. The van der Waals surface area contributed by atoms with Crippen LogP contribution in [0.2, 0.25) is 0 Å². The molecular weight excluding hydrogens is 464 g/mol. The van der Waals surface area contributed by atoms with Crippen molar-refractivity contribution in [2.45, 2.75) is 163 Å². The molecular formula is C36H64O2. The maximum atomic E-state index is 12.1. The van der Waals surface area contributed by atoms with Crippen LogP contribution in [0.15, 0.2) is 0 Å². The molecule has 2 nitrogen and oxygen atoms in total. The first-order valence-corrected chi connectivity index (χ1v) is 17.4. The summed E-state index contributed by atoms with van der Waals surface area (Å²) >= 11 is 0. The van der Waals surface area contributed by atoms with Gasteiger partial charge >= 0.3 is 5.97 Å². The van der Waals surface area contributed by atoms with Crippen molar-refractivity contribution in [2.75, 3.05) is 6.61 Å². The van der Waals surface area contributed by atoms with Crippen LogP contribution in [-0.4, -0.2) is 12.6 Å². The molecule has 4 aliphatic rings. The molecule has 38 heavy (non-hydrogen) atoms. The summed E-state index contributed by atoms with van der Waals surface area (Å²) in [5.41, 5.74) is 1.26. The maximum Gasteiger partial charge on any atom is 0.305 e. The highest BCUT2D eigenvalue weighted by atomic mass is 16.5. The normalized spacial score (nSPS) is 38.1. The molecule has 4 rings (SSSR count). The zero-order valence-electron chi connectivity index (χ0n) is 26.2. The van der Waals surface area contributed by atoms with Gasteiger partial charge in [-0.3, -0.25) is 4.79 Å². The second-order valence-corrected chi connectivity index (χ2v) is 15.3. The predicted octanol–water partition coefficient (Wildman–Crippen LogP) is 10.8. The molecule has 2 unspecified atom stereocenters. The van der Waals surface area contributed by atoms with E-state index in [1.54, 1.807) is 6.42 Å². The molecule has 4 fully saturated rings. The van der Waals surface area contributed by atoms with Gasteiger partial charge in [-0.05, 0) is 116 Å². The Morgan fingerprint density at radius 2 is 1.55 bits per heavy atom. The number of hydrogen-bond acceptors (Lipinski definition) is 2. The van der Waals surface area contributed by atoms with Crippen molar-refractivity contribution in [1.82, 2.24) is 0 Å². The minimum atomic E-state index is 0.0253. The van der Waals surface area contributed by atoms with Crippen LogP contribution in [0.25, 0.3) is 0 Å². The van der Waals surface area contributed by atoms with Crippen molar-refractivity contribution in [3.8, 4) is 0 Å². The molecule has 0 radical (unpaired) electrons. The fraction of sp³-hybridized carbons (Fsp3) is 0.972. The first-order valence-electron chi connectivity index (χ1n) is 17.4. The van der Waals surface area contributed by atoms with E-state index in [0.29, 0.717) is 29.8 Å². The number of carbonyl (C=O) groups is 1. The second-order valence-electron chi connectivity index (χ2n) is 15.3. The van der Waals surface area contributed by atoms with Crippen molar-refractivity contribution in [1.29, 1.82) is 0 Å². The molecule has 0 amide bonds. The Labute approximate surface area is 237 Å². The van der Waals surface area contributed by atoms with Gasteiger partial charge in [-0.25, -0.2) is 0 Å². The summed E-state index contributed by atoms with van der Waals surface area (Å²) in [7, 11) is 0. The van der Waals surface area contributed by atoms with E-state index in [2.05, 4.69) is 34.6 Å². The average Bonchev–Trinajstić information content (AvgIpc) is 3.26. The van der Waals surface area contributed by atoms with Gasteiger partial charge in [0.15, 0.2) is 0 Å². The van der Waals surface area contributed by atoms with Gasteiger partial charge in [0.05, 0.1) is 6.61 Å². The molecule has 4 saturated carbocycles. The lowest BCUT2D eigenvalue weighted by molar-refractivity contribution is -0.145. The molecule has 0 heterocycles. The van der Waals surface area contributed by atoms with Crippen LogP contribution in [0, 0.1) is 52.3 Å². The zero-order valence-corrected chi connectivity index (χ0v) is 26.2. The second kappa shape index (κ2) is 13.9. The third-order valence-electron chi connectivity index (χ3n) is 13.0. The molecule has 220 valence electrons. The van der Waals surface area contributed by atoms with Gasteiger partial charge in [0.25, 0.3) is 0 Å². The number of rotatable bonds is 14. The van der Waals surface area contributed by atoms with Crippen LogP contribution in [0.3, 0.4) is 0 Å². The molecule has 9 atom stereocenters. The molecule has 2 heteroatoms. The van der Waals surface area contributed by atoms with E-state index in [4.69, 9.17) is 4.74 Å². The highest BCUT2D eigenvalue weighted by Crippen LogP contribution is 2.68. The van der Waals surface area contributed by atoms with Crippen molar-refractivity contribution in [3.63, 3.8) is 0 Å². The summed E-state index contributed by atoms with van der Waals surface area (Å²) in [5.74, 6) is 6.37. The molecule has 0 N–H and O–H groups in total. The molecule has 4 aliphatic carbocycles. The fourth-order valence-electron chi connectivity index (χ4n) is 10.7. The number of esters is 1. The van der Waals surface area contributed by atoms with Crippen molar-refractivity contribution in [2.24, 2.45) is 52.3 Å². The summed E-state index contributed by atoms with van der Waals surface area (Å²) < 4.78 is 5.63. The van der Waals surface area contributed by atoms with Gasteiger partial charge in [-0.15, -0.1) is 0 Å². The van der Waals surface area contributed by atoms with Gasteiger partial charge < -0.3 is 4.74 Å². The lowest BCUT2D eigenvalue weighted by Crippen LogP contribution is -2.53. The third-order valence-corrected chi connectivity index (χ3v) is 13.0. The summed E-state index contributed by atoms with van der Waals surface area (Å²) in [5, 5.41) is 0. The Morgan fingerprint density at radius 3 is 2.37 bits per heavy atom. The van der Waals surface area contributed by atoms with Gasteiger partial charge in [-0.1, -0.05) is 92.4 Å². The summed E-state index contributed by atoms with van der Waals surface area (Å²) in [6.45, 7) is 13.2. The van der Waals surface area contributed by atoms with E-state index in [9.17, 15) is 4.79 Å². The molecule has 0 aromatic carbocycles. The van der Waals surface area contributed by atoms with Crippen LogP contribution in [-0.2, 0) is 9.53 Å². The highest BCUT2D eigenvalue weighted by molar-refractivity contribution is 5.69. The van der Waals surface area contributed by atoms with Gasteiger partial charge in [0.1, 0.15) is 0 Å². The lowest BCUT2D eigenvalue weighted by atomic mass is 9.44. The van der Waals surface area contributed by atoms with Crippen LogP contribution < -0.4 is 0 Å². The Balaban J connectivity index is 1.17. The van der Waals surface area contributed by atoms with Crippen molar-refractivity contribution in [3.05, 3.63) is 0 Å². The fourth-order valence-corrected chi connectivity index (χ4v) is 10.7. The van der Waals surface area contributed by atoms with Gasteiger partial charge in [0.2, 0.25) is 0 Å². The zero-order chi connectivity index (χ0) is 27.2. The van der Waals surface area contributed by atoms with Crippen molar-refractivity contribution >= 4 is 5.97 Å². The standard InChI is InChI=1S/C36H64O2/c1-6-7-8-9-10-11-18-34(37)38-26-27(2)15-14-16-28(3)31-21-22-32-30-20-19-29-17-12-13-24-35(29,4)33(30)23-25-36(31,32)5/h27-33H,6-26H2,1-5H3/t27?,28-,29?,30+,31-,32+,33+,35+,36-/m1/s1. The Kier molecular flexibility index (Phi) is 11.1. The first-order chi connectivity index (χ1) is 18.3. The van der Waals surface area contributed by atoms with Crippen LogP contribution in [0.5, 0.6) is 0 Å². The minimum absolute atomic E-state index is 0.0253. The van der Waals surface area contributed by atoms with Gasteiger partial charge in [0, 0.05) is 6.42 Å². The topological polar surface area (TPSA) is 26.3 Å². The maximum absolute atomic E-state index is 12.1. The number of hydrogen-bond donors (Lipinski definition) is 0. The van der Waals surface area contributed by atoms with E-state index in [-0.39, 0.29) is 5.97 Å². The highest BCUT2D eigenvalue weighted by Gasteiger charge is 2.60. The number of fused-ring (bicyclic) bond motifs is 5. The van der Waals surface area contributed by atoms with E-state index >= 15 is 0 Å². The molecule has 0 aliphatic heterocycles. The summed E-state index contributed by atoms with van der Waals surface area (Å²) in [6, 6.07) is 0. The Bertz CT molecular complexity index is 731. The Hall–Kier alpha value is -0.530. The molecule has 0 aromatic heterocycles. The number of unbranched alkanes of at least 4 members (excludes halogenated alkanes) is 5. The van der Waals surface area contributed by atoms with E-state index in [1.165, 1.54) is 109 Å². The largest absolute Gasteiger partial charge is 0.465 e. The summed E-state index contributed by atoms with van der Waals surface area (Å²) in [6.07, 6.45) is 26.9. The van der Waals surface area contributed by atoms with E-state index in [0.717, 1.165) is 41.9 Å². The van der Waals surface area contributed by atoms with Crippen LogP contribution >= 0.6 is 0 Å². The molecule has 0 aromatic rings.